The molecule has 0 aliphatic heterocycles. The van der Waals surface area contributed by atoms with Gasteiger partial charge in [-0.2, -0.15) is 5.10 Å². The number of halogens is 1. The Labute approximate surface area is 199 Å². The van der Waals surface area contributed by atoms with Gasteiger partial charge in [0, 0.05) is 30.4 Å². The highest BCUT2D eigenvalue weighted by Crippen LogP contribution is 2.59. The second kappa shape index (κ2) is 8.87. The molecule has 172 valence electrons. The van der Waals surface area contributed by atoms with Crippen molar-refractivity contribution in [2.45, 2.75) is 58.6 Å². The van der Waals surface area contributed by atoms with Crippen LogP contribution in [-0.4, -0.2) is 43.8 Å². The minimum Gasteiger partial charge on any atom is -0.465 e. The van der Waals surface area contributed by atoms with Crippen LogP contribution in [0.15, 0.2) is 27.7 Å². The number of carbonyl (C=O) groups excluding carboxylic acids is 1. The van der Waals surface area contributed by atoms with E-state index in [1.165, 1.54) is 24.8 Å². The van der Waals surface area contributed by atoms with Crippen molar-refractivity contribution < 1.29 is 14.3 Å². The standard InChI is InChI=1S/C24H32BrN3O3Si/c1-24-12-16(24)10-18-21(14-26-20-7-6-17(25)11-19(20)23(29)30-2)27-28(22(18)13-24)15-31-8-9-32(3,4)5/h6-7,11,14,16H,8-10,12-13,15H2,1-5H3/t16-,24-/m1/s1. The predicted molar refractivity (Wildman–Crippen MR) is 133 cm³/mol. The topological polar surface area (TPSA) is 65.7 Å². The van der Waals surface area contributed by atoms with E-state index < -0.39 is 14.0 Å². The van der Waals surface area contributed by atoms with Gasteiger partial charge in [0.1, 0.15) is 12.4 Å². The summed E-state index contributed by atoms with van der Waals surface area (Å²) in [7, 11) is 0.254. The smallest absolute Gasteiger partial charge is 0.340 e. The molecule has 2 aromatic rings. The number of esters is 1. The lowest BCUT2D eigenvalue weighted by Gasteiger charge is -2.20. The second-order valence-corrected chi connectivity index (χ2v) is 17.0. The maximum atomic E-state index is 12.2. The first kappa shape index (κ1) is 23.4. The number of nitrogens with zero attached hydrogens (tertiary/aromatic N) is 3. The van der Waals surface area contributed by atoms with E-state index in [-0.39, 0.29) is 0 Å². The van der Waals surface area contributed by atoms with E-state index in [4.69, 9.17) is 14.6 Å². The maximum Gasteiger partial charge on any atom is 0.340 e. The van der Waals surface area contributed by atoms with Gasteiger partial charge in [0.25, 0.3) is 0 Å². The molecule has 0 saturated heterocycles. The highest BCUT2D eigenvalue weighted by Gasteiger charge is 2.53. The number of aliphatic imine (C=N–C) groups is 1. The molecule has 8 heteroatoms. The summed E-state index contributed by atoms with van der Waals surface area (Å²) in [4.78, 5) is 16.8. The van der Waals surface area contributed by atoms with Gasteiger partial charge in [0.05, 0.1) is 24.6 Å². The van der Waals surface area contributed by atoms with Gasteiger partial charge >= 0.3 is 5.97 Å². The highest BCUT2D eigenvalue weighted by molar-refractivity contribution is 9.10. The zero-order chi connectivity index (χ0) is 23.1. The fourth-order valence-electron chi connectivity index (χ4n) is 4.41. The third kappa shape index (κ3) is 5.07. The van der Waals surface area contributed by atoms with Crippen LogP contribution in [0.3, 0.4) is 0 Å². The fourth-order valence-corrected chi connectivity index (χ4v) is 5.53. The Balaban J connectivity index is 1.59. The molecule has 0 spiro atoms. The number of carbonyl (C=O) groups is 1. The van der Waals surface area contributed by atoms with Crippen LogP contribution in [0.1, 0.15) is 40.7 Å². The summed E-state index contributed by atoms with van der Waals surface area (Å²) in [5, 5.41) is 4.87. The summed E-state index contributed by atoms with van der Waals surface area (Å²) in [5.74, 6) is 0.321. The average Bonchev–Trinajstić information content (AvgIpc) is 3.30. The molecule has 0 amide bonds. The molecule has 1 aromatic heterocycles. The molecule has 32 heavy (non-hydrogen) atoms. The van der Waals surface area contributed by atoms with Crippen molar-refractivity contribution in [2.75, 3.05) is 13.7 Å². The predicted octanol–water partition coefficient (Wildman–Crippen LogP) is 5.62. The quantitative estimate of drug-likeness (QED) is 0.197. The van der Waals surface area contributed by atoms with Crippen LogP contribution >= 0.6 is 15.9 Å². The number of ether oxygens (including phenoxy) is 2. The molecular formula is C24H32BrN3O3Si. The van der Waals surface area contributed by atoms with Crippen LogP contribution in [-0.2, 0) is 29.0 Å². The van der Waals surface area contributed by atoms with Crippen molar-refractivity contribution >= 4 is 41.9 Å². The van der Waals surface area contributed by atoms with E-state index in [1.807, 2.05) is 16.8 Å². The van der Waals surface area contributed by atoms with Crippen LogP contribution < -0.4 is 0 Å². The molecule has 6 nitrogen and oxygen atoms in total. The molecule has 1 aromatic carbocycles. The van der Waals surface area contributed by atoms with Gasteiger partial charge < -0.3 is 9.47 Å². The summed E-state index contributed by atoms with van der Waals surface area (Å²) in [6.07, 6.45) is 5.13. The number of hydrogen-bond donors (Lipinski definition) is 0. The van der Waals surface area contributed by atoms with Crippen LogP contribution in [0.25, 0.3) is 0 Å². The maximum absolute atomic E-state index is 12.2. The minimum atomic E-state index is -1.12. The molecule has 1 heterocycles. The Morgan fingerprint density at radius 3 is 2.91 bits per heavy atom. The first-order valence-electron chi connectivity index (χ1n) is 11.2. The van der Waals surface area contributed by atoms with E-state index in [1.54, 1.807) is 12.3 Å². The van der Waals surface area contributed by atoms with Gasteiger partial charge in [0.2, 0.25) is 0 Å². The lowest BCUT2D eigenvalue weighted by atomic mass is 9.87. The Hall–Kier alpha value is -1.77. The van der Waals surface area contributed by atoms with Gasteiger partial charge in [0.15, 0.2) is 0 Å². The van der Waals surface area contributed by atoms with E-state index in [9.17, 15) is 4.79 Å². The van der Waals surface area contributed by atoms with Crippen molar-refractivity contribution in [3.8, 4) is 0 Å². The van der Waals surface area contributed by atoms with Gasteiger partial charge in [-0.3, -0.25) is 4.99 Å². The summed E-state index contributed by atoms with van der Waals surface area (Å²) in [5.41, 5.74) is 4.83. The van der Waals surface area contributed by atoms with Gasteiger partial charge in [-0.1, -0.05) is 42.5 Å². The number of methoxy groups -OCH3 is 1. The number of benzene rings is 1. The third-order valence-electron chi connectivity index (χ3n) is 6.66. The Morgan fingerprint density at radius 2 is 2.19 bits per heavy atom. The first-order valence-corrected chi connectivity index (χ1v) is 15.7. The molecule has 1 fully saturated rings. The van der Waals surface area contributed by atoms with Crippen LogP contribution in [0.5, 0.6) is 0 Å². The fraction of sp³-hybridized carbons (Fsp3) is 0.542. The van der Waals surface area contributed by atoms with Crippen molar-refractivity contribution in [2.24, 2.45) is 16.3 Å². The monoisotopic (exact) mass is 517 g/mol. The second-order valence-electron chi connectivity index (χ2n) is 10.5. The number of fused-ring (bicyclic) bond motifs is 2. The van der Waals surface area contributed by atoms with E-state index in [0.29, 0.717) is 23.4 Å². The molecule has 0 radical (unpaired) electrons. The summed E-state index contributed by atoms with van der Waals surface area (Å²) >= 11 is 3.41. The minimum absolute atomic E-state index is 0.404. The Morgan fingerprint density at radius 1 is 1.41 bits per heavy atom. The highest BCUT2D eigenvalue weighted by atomic mass is 79.9. The summed E-state index contributed by atoms with van der Waals surface area (Å²) in [6, 6.07) is 6.56. The molecule has 0 unspecified atom stereocenters. The van der Waals surface area contributed by atoms with Crippen LogP contribution in [0.4, 0.5) is 5.69 Å². The number of rotatable bonds is 8. The first-order chi connectivity index (χ1) is 15.1. The molecule has 2 atom stereocenters. The lowest BCUT2D eigenvalue weighted by Crippen LogP contribution is -2.23. The Bertz CT molecular complexity index is 1060. The summed E-state index contributed by atoms with van der Waals surface area (Å²) in [6.45, 7) is 10.7. The Kier molecular flexibility index (Phi) is 6.49. The summed E-state index contributed by atoms with van der Waals surface area (Å²) < 4.78 is 13.8. The van der Waals surface area contributed by atoms with Crippen LogP contribution in [0.2, 0.25) is 25.7 Å². The molecule has 1 saturated carbocycles. The SMILES string of the molecule is COC(=O)c1cc(Br)ccc1N=Cc1nn(COCC[Si](C)(C)C)c2c1C[C@@H]1C[C@]1(C)C2. The van der Waals surface area contributed by atoms with E-state index >= 15 is 0 Å². The normalized spacial score (nSPS) is 22.0. The molecule has 0 N–H and O–H groups in total. The molecule has 2 aliphatic carbocycles. The largest absolute Gasteiger partial charge is 0.465 e. The van der Waals surface area contributed by atoms with Crippen molar-refractivity contribution in [1.82, 2.24) is 9.78 Å². The zero-order valence-corrected chi connectivity index (χ0v) is 22.2. The van der Waals surface area contributed by atoms with Crippen molar-refractivity contribution in [3.05, 3.63) is 45.2 Å². The third-order valence-corrected chi connectivity index (χ3v) is 8.85. The van der Waals surface area contributed by atoms with Gasteiger partial charge in [-0.25, -0.2) is 9.48 Å². The molecular weight excluding hydrogens is 486 g/mol. The van der Waals surface area contributed by atoms with Crippen LogP contribution in [0, 0.1) is 11.3 Å². The van der Waals surface area contributed by atoms with E-state index in [0.717, 1.165) is 41.6 Å². The van der Waals surface area contributed by atoms with Gasteiger partial charge in [-0.15, -0.1) is 0 Å². The molecule has 4 rings (SSSR count). The number of aromatic nitrogens is 2. The molecule has 0 bridgehead atoms. The van der Waals surface area contributed by atoms with Crippen molar-refractivity contribution in [3.63, 3.8) is 0 Å². The lowest BCUT2D eigenvalue weighted by molar-refractivity contribution is 0.0601. The average molecular weight is 519 g/mol. The molecule has 2 aliphatic rings. The zero-order valence-electron chi connectivity index (χ0n) is 19.6. The number of hydrogen-bond acceptors (Lipinski definition) is 5. The van der Waals surface area contributed by atoms with Gasteiger partial charge in [-0.05, 0) is 54.8 Å². The van der Waals surface area contributed by atoms with E-state index in [2.05, 4.69) is 47.5 Å². The van der Waals surface area contributed by atoms with Crippen molar-refractivity contribution in [1.29, 1.82) is 0 Å².